The zero-order valence-electron chi connectivity index (χ0n) is 14.3. The Morgan fingerprint density at radius 2 is 2.00 bits per heavy atom. The monoisotopic (exact) mass is 404 g/mol. The van der Waals surface area contributed by atoms with E-state index in [2.05, 4.69) is 15.3 Å². The first-order valence-corrected chi connectivity index (χ1v) is 10.5. The van der Waals surface area contributed by atoms with E-state index < -0.39 is 15.9 Å². The molecule has 0 atom stereocenters. The van der Waals surface area contributed by atoms with Gasteiger partial charge >= 0.3 is 0 Å². The van der Waals surface area contributed by atoms with Gasteiger partial charge in [0.2, 0.25) is 16.0 Å². The summed E-state index contributed by atoms with van der Waals surface area (Å²) in [5, 5.41) is 2.99. The van der Waals surface area contributed by atoms with E-state index in [0.29, 0.717) is 35.2 Å². The van der Waals surface area contributed by atoms with Crippen LogP contribution in [0.5, 0.6) is 0 Å². The molecule has 3 aromatic rings. The van der Waals surface area contributed by atoms with Gasteiger partial charge in [0.05, 0.1) is 27.5 Å². The van der Waals surface area contributed by atoms with E-state index >= 15 is 0 Å². The highest BCUT2D eigenvalue weighted by Gasteiger charge is 2.28. The average Bonchev–Trinajstić information content (AvgIpc) is 3.04. The van der Waals surface area contributed by atoms with Crippen molar-refractivity contribution in [3.8, 4) is 0 Å². The fourth-order valence-corrected chi connectivity index (χ4v) is 5.01. The molecule has 2 N–H and O–H groups in total. The normalized spacial score (nSPS) is 16.4. The molecule has 0 saturated carbocycles. The van der Waals surface area contributed by atoms with Crippen molar-refractivity contribution in [3.63, 3.8) is 0 Å². The van der Waals surface area contributed by atoms with Gasteiger partial charge in [-0.05, 0) is 43.2 Å². The maximum Gasteiger partial charge on any atom is 0.258 e. The number of rotatable bonds is 3. The number of aromatic nitrogens is 2. The molecule has 9 heteroatoms. The molecule has 140 valence electrons. The smallest absolute Gasteiger partial charge is 0.258 e. The Bertz CT molecular complexity index is 1090. The Labute approximate surface area is 161 Å². The lowest BCUT2D eigenvalue weighted by molar-refractivity contribution is 0.102. The summed E-state index contributed by atoms with van der Waals surface area (Å²) >= 11 is 6.22. The Morgan fingerprint density at radius 1 is 1.19 bits per heavy atom. The summed E-state index contributed by atoms with van der Waals surface area (Å²) in [6, 6.07) is 12.0. The lowest BCUT2D eigenvalue weighted by atomic mass is 10.2. The first-order chi connectivity index (χ1) is 12.9. The Hall–Kier alpha value is -2.58. The fraction of sp³-hybridized carbons (Fsp3) is 0.222. The molecule has 0 radical (unpaired) electrons. The van der Waals surface area contributed by atoms with Gasteiger partial charge in [0.25, 0.3) is 5.91 Å². The van der Waals surface area contributed by atoms with Gasteiger partial charge in [-0.1, -0.05) is 23.7 Å². The third-order valence-corrected chi connectivity index (χ3v) is 6.62. The van der Waals surface area contributed by atoms with E-state index in [0.717, 1.165) is 17.5 Å². The molecule has 1 aliphatic rings. The van der Waals surface area contributed by atoms with Crippen LogP contribution in [0.2, 0.25) is 5.02 Å². The van der Waals surface area contributed by atoms with Gasteiger partial charge in [0, 0.05) is 12.1 Å². The standard InChI is InChI=1S/C18H17ClN4O3S/c19-13-8-7-12(11-16(13)23-9-3-4-10-27(23,25)26)17(24)22-18-20-14-5-1-2-6-15(14)21-18/h1-2,5-8,11H,3-4,9-10H2,(H2,20,21,22,24). The largest absolute Gasteiger partial charge is 0.324 e. The fourth-order valence-electron chi connectivity index (χ4n) is 3.10. The number of H-pyrrole nitrogens is 1. The number of anilines is 2. The number of imidazole rings is 1. The quantitative estimate of drug-likeness (QED) is 0.699. The maximum absolute atomic E-state index is 12.6. The van der Waals surface area contributed by atoms with Crippen LogP contribution in [0.25, 0.3) is 11.0 Å². The Morgan fingerprint density at radius 3 is 2.78 bits per heavy atom. The van der Waals surface area contributed by atoms with Gasteiger partial charge < -0.3 is 4.98 Å². The predicted octanol–water partition coefficient (Wildman–Crippen LogP) is 3.40. The number of nitrogens with one attached hydrogen (secondary N) is 2. The van der Waals surface area contributed by atoms with E-state index in [9.17, 15) is 13.2 Å². The summed E-state index contributed by atoms with van der Waals surface area (Å²) in [5.41, 5.74) is 2.18. The van der Waals surface area contributed by atoms with Crippen molar-refractivity contribution in [2.24, 2.45) is 0 Å². The molecule has 1 amide bonds. The maximum atomic E-state index is 12.6. The second kappa shape index (κ2) is 6.86. The number of nitrogens with zero attached hydrogens (tertiary/aromatic N) is 2. The van der Waals surface area contributed by atoms with Crippen molar-refractivity contribution in [3.05, 3.63) is 53.1 Å². The molecule has 7 nitrogen and oxygen atoms in total. The highest BCUT2D eigenvalue weighted by molar-refractivity contribution is 7.92. The van der Waals surface area contributed by atoms with Crippen molar-refractivity contribution in [2.45, 2.75) is 12.8 Å². The molecule has 1 aliphatic heterocycles. The summed E-state index contributed by atoms with van der Waals surface area (Å²) in [5.74, 6) is 0.00308. The number of hydrogen-bond acceptors (Lipinski definition) is 4. The summed E-state index contributed by atoms with van der Waals surface area (Å²) < 4.78 is 26.0. The number of carbonyl (C=O) groups excluding carboxylic acids is 1. The minimum atomic E-state index is -3.42. The summed E-state index contributed by atoms with van der Waals surface area (Å²) in [4.78, 5) is 20.0. The number of amides is 1. The van der Waals surface area contributed by atoms with Crippen LogP contribution in [0, 0.1) is 0 Å². The number of sulfonamides is 1. The highest BCUT2D eigenvalue weighted by Crippen LogP contribution is 2.31. The van der Waals surface area contributed by atoms with Crippen molar-refractivity contribution in [1.29, 1.82) is 0 Å². The molecule has 4 rings (SSSR count). The molecule has 0 spiro atoms. The van der Waals surface area contributed by atoms with E-state index in [1.54, 1.807) is 6.07 Å². The van der Waals surface area contributed by atoms with Gasteiger partial charge in [0.1, 0.15) is 0 Å². The molecule has 0 bridgehead atoms. The molecule has 1 fully saturated rings. The first-order valence-electron chi connectivity index (χ1n) is 8.50. The number of carbonyl (C=O) groups is 1. The van der Waals surface area contributed by atoms with Gasteiger partial charge in [-0.15, -0.1) is 0 Å². The van der Waals surface area contributed by atoms with Crippen LogP contribution in [0.4, 0.5) is 11.6 Å². The number of benzene rings is 2. The van der Waals surface area contributed by atoms with Crippen LogP contribution in [-0.2, 0) is 10.0 Å². The van der Waals surface area contributed by atoms with Crippen molar-refractivity contribution in [1.82, 2.24) is 9.97 Å². The van der Waals surface area contributed by atoms with Gasteiger partial charge in [-0.3, -0.25) is 14.4 Å². The van der Waals surface area contributed by atoms with Gasteiger partial charge in [-0.25, -0.2) is 13.4 Å². The van der Waals surface area contributed by atoms with E-state index in [-0.39, 0.29) is 5.75 Å². The molecule has 1 aromatic heterocycles. The lowest BCUT2D eigenvalue weighted by Crippen LogP contribution is -2.38. The minimum absolute atomic E-state index is 0.0821. The second-order valence-corrected chi connectivity index (χ2v) is 8.74. The molecule has 0 aliphatic carbocycles. The zero-order valence-corrected chi connectivity index (χ0v) is 15.8. The van der Waals surface area contributed by atoms with Crippen LogP contribution < -0.4 is 9.62 Å². The van der Waals surface area contributed by atoms with Crippen molar-refractivity contribution in [2.75, 3.05) is 21.9 Å². The van der Waals surface area contributed by atoms with Gasteiger partial charge in [-0.2, -0.15) is 0 Å². The van der Waals surface area contributed by atoms with Crippen molar-refractivity contribution >= 4 is 50.2 Å². The van der Waals surface area contributed by atoms with E-state index in [1.165, 1.54) is 16.4 Å². The van der Waals surface area contributed by atoms with Crippen LogP contribution in [0.3, 0.4) is 0 Å². The number of fused-ring (bicyclic) bond motifs is 1. The van der Waals surface area contributed by atoms with Gasteiger partial charge in [0.15, 0.2) is 0 Å². The Kier molecular flexibility index (Phi) is 4.53. The topological polar surface area (TPSA) is 95.2 Å². The molecule has 2 aromatic carbocycles. The van der Waals surface area contributed by atoms with Crippen LogP contribution in [-0.4, -0.2) is 36.6 Å². The zero-order chi connectivity index (χ0) is 19.0. The third-order valence-electron chi connectivity index (χ3n) is 4.45. The number of hydrogen-bond donors (Lipinski definition) is 2. The lowest BCUT2D eigenvalue weighted by Gasteiger charge is -2.29. The number of para-hydroxylation sites is 2. The molecule has 1 saturated heterocycles. The predicted molar refractivity (Wildman–Crippen MR) is 106 cm³/mol. The number of halogens is 1. The first kappa shape index (κ1) is 17.8. The van der Waals surface area contributed by atoms with E-state index in [4.69, 9.17) is 11.6 Å². The third kappa shape index (κ3) is 3.50. The SMILES string of the molecule is O=C(Nc1nc2ccccc2[nH]1)c1ccc(Cl)c(N2CCCCS2(=O)=O)c1. The second-order valence-electron chi connectivity index (χ2n) is 6.32. The van der Waals surface area contributed by atoms with E-state index in [1.807, 2.05) is 24.3 Å². The molecule has 2 heterocycles. The van der Waals surface area contributed by atoms with Crippen LogP contribution >= 0.6 is 11.6 Å². The molecule has 27 heavy (non-hydrogen) atoms. The molecular weight excluding hydrogens is 388 g/mol. The average molecular weight is 405 g/mol. The molecule has 0 unspecified atom stereocenters. The Balaban J connectivity index is 1.62. The summed E-state index contributed by atoms with van der Waals surface area (Å²) in [6.45, 7) is 0.358. The summed E-state index contributed by atoms with van der Waals surface area (Å²) in [6.07, 6.45) is 1.38. The molecular formula is C18H17ClN4O3S. The van der Waals surface area contributed by atoms with Crippen molar-refractivity contribution < 1.29 is 13.2 Å². The highest BCUT2D eigenvalue weighted by atomic mass is 35.5. The minimum Gasteiger partial charge on any atom is -0.324 e. The summed E-state index contributed by atoms with van der Waals surface area (Å²) in [7, 11) is -3.42. The number of aromatic amines is 1. The van der Waals surface area contributed by atoms with Crippen LogP contribution in [0.15, 0.2) is 42.5 Å². The van der Waals surface area contributed by atoms with Crippen LogP contribution in [0.1, 0.15) is 23.2 Å².